The number of nitrogens with one attached hydrogen (secondary N) is 2. The Kier molecular flexibility index (Phi) is 3.77. The molecule has 2 rings (SSSR count). The summed E-state index contributed by atoms with van der Waals surface area (Å²) in [6.07, 6.45) is 4.48. The number of likely N-dealkylation sites (N-methyl/N-ethyl adjacent to an activating group) is 1. The second-order valence-corrected chi connectivity index (χ2v) is 3.87. The number of ether oxygens (including phenoxy) is 1. The van der Waals surface area contributed by atoms with Gasteiger partial charge in [-0.3, -0.25) is 0 Å². The average molecular weight is 231 g/mol. The minimum atomic E-state index is 0.192. The van der Waals surface area contributed by atoms with Crippen LogP contribution in [0.1, 0.15) is 17.4 Å². The standard InChI is InChI=1S/C13H17N3O/c1-14-12(13-15-6-7-16-13)9-10-4-3-5-11(8-10)17-2/h3-8,12,14H,9H2,1-2H3,(H,15,16). The second-order valence-electron chi connectivity index (χ2n) is 3.87. The van der Waals surface area contributed by atoms with Crippen molar-refractivity contribution >= 4 is 0 Å². The fourth-order valence-corrected chi connectivity index (χ4v) is 1.84. The van der Waals surface area contributed by atoms with Crippen LogP contribution in [0, 0.1) is 0 Å². The quantitative estimate of drug-likeness (QED) is 0.826. The molecule has 0 aliphatic rings. The third-order valence-corrected chi connectivity index (χ3v) is 2.77. The topological polar surface area (TPSA) is 49.9 Å². The first-order chi connectivity index (χ1) is 8.33. The highest BCUT2D eigenvalue weighted by molar-refractivity contribution is 5.29. The third kappa shape index (κ3) is 2.85. The number of imidazole rings is 1. The molecule has 0 radical (unpaired) electrons. The van der Waals surface area contributed by atoms with Gasteiger partial charge in [-0.05, 0) is 31.2 Å². The number of methoxy groups -OCH3 is 1. The average Bonchev–Trinajstić information content (AvgIpc) is 2.90. The SMILES string of the molecule is CNC(Cc1cccc(OC)c1)c1ncc[nH]1. The lowest BCUT2D eigenvalue weighted by Gasteiger charge is -2.14. The van der Waals surface area contributed by atoms with Crippen LogP contribution in [0.3, 0.4) is 0 Å². The predicted molar refractivity (Wildman–Crippen MR) is 67.1 cm³/mol. The summed E-state index contributed by atoms with van der Waals surface area (Å²) < 4.78 is 5.22. The predicted octanol–water partition coefficient (Wildman–Crippen LogP) is 1.92. The van der Waals surface area contributed by atoms with Crippen LogP contribution in [0.25, 0.3) is 0 Å². The van der Waals surface area contributed by atoms with Crippen LogP contribution >= 0.6 is 0 Å². The Morgan fingerprint density at radius 3 is 3.00 bits per heavy atom. The summed E-state index contributed by atoms with van der Waals surface area (Å²) >= 11 is 0. The molecule has 0 amide bonds. The first kappa shape index (κ1) is 11.7. The van der Waals surface area contributed by atoms with Gasteiger partial charge in [-0.1, -0.05) is 12.1 Å². The summed E-state index contributed by atoms with van der Waals surface area (Å²) in [6.45, 7) is 0. The van der Waals surface area contributed by atoms with Crippen LogP contribution in [0.2, 0.25) is 0 Å². The van der Waals surface area contributed by atoms with Gasteiger partial charge in [0.25, 0.3) is 0 Å². The van der Waals surface area contributed by atoms with Crippen molar-refractivity contribution in [2.75, 3.05) is 14.2 Å². The van der Waals surface area contributed by atoms with E-state index in [-0.39, 0.29) is 6.04 Å². The van der Waals surface area contributed by atoms with Crippen molar-refractivity contribution in [3.8, 4) is 5.75 Å². The van der Waals surface area contributed by atoms with E-state index in [0.29, 0.717) is 0 Å². The van der Waals surface area contributed by atoms with Crippen LogP contribution in [0.5, 0.6) is 5.75 Å². The minimum Gasteiger partial charge on any atom is -0.497 e. The molecular weight excluding hydrogens is 214 g/mol. The number of hydrogen-bond acceptors (Lipinski definition) is 3. The Morgan fingerprint density at radius 2 is 2.35 bits per heavy atom. The Morgan fingerprint density at radius 1 is 1.47 bits per heavy atom. The van der Waals surface area contributed by atoms with E-state index in [1.165, 1.54) is 5.56 Å². The smallest absolute Gasteiger partial charge is 0.123 e. The van der Waals surface area contributed by atoms with Crippen molar-refractivity contribution in [1.29, 1.82) is 0 Å². The molecule has 4 heteroatoms. The van der Waals surface area contributed by atoms with E-state index in [2.05, 4.69) is 21.4 Å². The Labute approximate surface area is 101 Å². The van der Waals surface area contributed by atoms with Gasteiger partial charge in [0.05, 0.1) is 13.2 Å². The van der Waals surface area contributed by atoms with E-state index in [0.717, 1.165) is 18.0 Å². The monoisotopic (exact) mass is 231 g/mol. The summed E-state index contributed by atoms with van der Waals surface area (Å²) in [5, 5.41) is 3.26. The molecule has 0 spiro atoms. The first-order valence-electron chi connectivity index (χ1n) is 5.63. The largest absolute Gasteiger partial charge is 0.497 e. The Bertz CT molecular complexity index is 453. The highest BCUT2D eigenvalue weighted by Gasteiger charge is 2.12. The van der Waals surface area contributed by atoms with Gasteiger partial charge in [-0.25, -0.2) is 4.98 Å². The van der Waals surface area contributed by atoms with E-state index in [9.17, 15) is 0 Å². The zero-order chi connectivity index (χ0) is 12.1. The highest BCUT2D eigenvalue weighted by Crippen LogP contribution is 2.18. The number of nitrogens with zero attached hydrogens (tertiary/aromatic N) is 1. The van der Waals surface area contributed by atoms with Gasteiger partial charge in [-0.15, -0.1) is 0 Å². The lowest BCUT2D eigenvalue weighted by atomic mass is 10.1. The van der Waals surface area contributed by atoms with Crippen LogP contribution < -0.4 is 10.1 Å². The van der Waals surface area contributed by atoms with E-state index < -0.39 is 0 Å². The summed E-state index contributed by atoms with van der Waals surface area (Å²) in [7, 11) is 3.62. The van der Waals surface area contributed by atoms with Crippen LogP contribution in [-0.4, -0.2) is 24.1 Å². The number of H-pyrrole nitrogens is 1. The maximum atomic E-state index is 5.22. The van der Waals surface area contributed by atoms with Crippen LogP contribution in [0.15, 0.2) is 36.7 Å². The van der Waals surface area contributed by atoms with Crippen LogP contribution in [0.4, 0.5) is 0 Å². The fraction of sp³-hybridized carbons (Fsp3) is 0.308. The first-order valence-corrected chi connectivity index (χ1v) is 5.63. The molecule has 2 N–H and O–H groups in total. The van der Waals surface area contributed by atoms with Gasteiger partial charge < -0.3 is 15.0 Å². The molecule has 0 bridgehead atoms. The molecule has 0 aliphatic heterocycles. The molecule has 0 fully saturated rings. The zero-order valence-corrected chi connectivity index (χ0v) is 10.1. The molecule has 1 heterocycles. The second kappa shape index (κ2) is 5.50. The van der Waals surface area contributed by atoms with E-state index in [1.54, 1.807) is 13.3 Å². The number of rotatable bonds is 5. The maximum Gasteiger partial charge on any atom is 0.123 e. The van der Waals surface area contributed by atoms with Crippen molar-refractivity contribution in [3.05, 3.63) is 48.0 Å². The van der Waals surface area contributed by atoms with Gasteiger partial charge in [0.2, 0.25) is 0 Å². The lowest BCUT2D eigenvalue weighted by molar-refractivity contribution is 0.414. The summed E-state index contributed by atoms with van der Waals surface area (Å²) in [5.41, 5.74) is 1.22. The molecule has 0 aliphatic carbocycles. The van der Waals surface area contributed by atoms with Crippen LogP contribution in [-0.2, 0) is 6.42 Å². The molecule has 2 aromatic rings. The summed E-state index contributed by atoms with van der Waals surface area (Å²) in [5.74, 6) is 1.84. The van der Waals surface area contributed by atoms with Crippen molar-refractivity contribution in [2.45, 2.75) is 12.5 Å². The molecular formula is C13H17N3O. The Balaban J connectivity index is 2.13. The van der Waals surface area contributed by atoms with E-state index >= 15 is 0 Å². The van der Waals surface area contributed by atoms with Gasteiger partial charge in [0.15, 0.2) is 0 Å². The van der Waals surface area contributed by atoms with Crippen molar-refractivity contribution in [2.24, 2.45) is 0 Å². The fourth-order valence-electron chi connectivity index (χ4n) is 1.84. The number of aromatic nitrogens is 2. The number of hydrogen-bond donors (Lipinski definition) is 2. The molecule has 1 unspecified atom stereocenters. The molecule has 1 aromatic carbocycles. The van der Waals surface area contributed by atoms with Crippen molar-refractivity contribution in [3.63, 3.8) is 0 Å². The molecule has 0 saturated carbocycles. The molecule has 17 heavy (non-hydrogen) atoms. The minimum absolute atomic E-state index is 0.192. The van der Waals surface area contributed by atoms with Gasteiger partial charge in [-0.2, -0.15) is 0 Å². The molecule has 1 aromatic heterocycles. The van der Waals surface area contributed by atoms with Gasteiger partial charge in [0, 0.05) is 12.4 Å². The Hall–Kier alpha value is -1.81. The molecule has 0 saturated heterocycles. The zero-order valence-electron chi connectivity index (χ0n) is 10.1. The maximum absolute atomic E-state index is 5.22. The normalized spacial score (nSPS) is 12.4. The van der Waals surface area contributed by atoms with Gasteiger partial charge >= 0.3 is 0 Å². The lowest BCUT2D eigenvalue weighted by Crippen LogP contribution is -2.20. The summed E-state index contributed by atoms with van der Waals surface area (Å²) in [6, 6.07) is 8.29. The number of benzene rings is 1. The number of aromatic amines is 1. The van der Waals surface area contributed by atoms with Crippen molar-refractivity contribution < 1.29 is 4.74 Å². The third-order valence-electron chi connectivity index (χ3n) is 2.77. The van der Waals surface area contributed by atoms with Gasteiger partial charge in [0.1, 0.15) is 11.6 Å². The van der Waals surface area contributed by atoms with Crippen molar-refractivity contribution in [1.82, 2.24) is 15.3 Å². The molecule has 1 atom stereocenters. The van der Waals surface area contributed by atoms with E-state index in [4.69, 9.17) is 4.74 Å². The van der Waals surface area contributed by atoms with E-state index in [1.807, 2.05) is 31.4 Å². The summed E-state index contributed by atoms with van der Waals surface area (Å²) in [4.78, 5) is 7.41. The molecule has 4 nitrogen and oxygen atoms in total. The highest BCUT2D eigenvalue weighted by atomic mass is 16.5. The molecule has 90 valence electrons.